The molecule has 1 rings (SSSR count). The Morgan fingerprint density at radius 2 is 2.29 bits per heavy atom. The zero-order valence-electron chi connectivity index (χ0n) is 8.02. The van der Waals surface area contributed by atoms with Crippen LogP contribution in [0.5, 0.6) is 0 Å². The SMILES string of the molecule is COC(C)c1ccc(C(=O)O)c(N)n1. The van der Waals surface area contributed by atoms with Crippen LogP contribution in [0.4, 0.5) is 5.82 Å². The highest BCUT2D eigenvalue weighted by molar-refractivity contribution is 5.92. The van der Waals surface area contributed by atoms with Gasteiger partial charge >= 0.3 is 5.97 Å². The summed E-state index contributed by atoms with van der Waals surface area (Å²) in [5.41, 5.74) is 6.10. The number of pyridine rings is 1. The van der Waals surface area contributed by atoms with Crippen LogP contribution in [0.15, 0.2) is 12.1 Å². The fourth-order valence-corrected chi connectivity index (χ4v) is 1.02. The Bertz CT molecular complexity index is 352. The van der Waals surface area contributed by atoms with Crippen LogP contribution < -0.4 is 5.73 Å². The summed E-state index contributed by atoms with van der Waals surface area (Å²) in [6, 6.07) is 3.02. The van der Waals surface area contributed by atoms with Gasteiger partial charge in [0.15, 0.2) is 0 Å². The molecule has 0 amide bonds. The molecular weight excluding hydrogens is 184 g/mol. The van der Waals surface area contributed by atoms with Gasteiger partial charge in [-0.05, 0) is 19.1 Å². The van der Waals surface area contributed by atoms with Gasteiger partial charge in [-0.3, -0.25) is 0 Å². The van der Waals surface area contributed by atoms with Gasteiger partial charge in [0.1, 0.15) is 11.4 Å². The molecule has 5 nitrogen and oxygen atoms in total. The van der Waals surface area contributed by atoms with E-state index in [0.29, 0.717) is 5.69 Å². The third kappa shape index (κ3) is 2.00. The first kappa shape index (κ1) is 10.5. The molecule has 1 unspecified atom stereocenters. The lowest BCUT2D eigenvalue weighted by Crippen LogP contribution is -2.08. The number of carbonyl (C=O) groups is 1. The number of hydrogen-bond acceptors (Lipinski definition) is 4. The number of nitrogen functional groups attached to an aromatic ring is 1. The molecule has 0 fully saturated rings. The van der Waals surface area contributed by atoms with Crippen LogP contribution in [0.1, 0.15) is 29.1 Å². The molecule has 0 saturated heterocycles. The maximum atomic E-state index is 10.6. The van der Waals surface area contributed by atoms with Crippen molar-refractivity contribution in [1.29, 1.82) is 0 Å². The van der Waals surface area contributed by atoms with E-state index in [1.807, 2.05) is 6.92 Å². The average molecular weight is 196 g/mol. The number of nitrogens with zero attached hydrogens (tertiary/aromatic N) is 1. The van der Waals surface area contributed by atoms with E-state index in [2.05, 4.69) is 4.98 Å². The van der Waals surface area contributed by atoms with E-state index in [1.54, 1.807) is 13.2 Å². The summed E-state index contributed by atoms with van der Waals surface area (Å²) in [5.74, 6) is -1.06. The lowest BCUT2D eigenvalue weighted by Gasteiger charge is -2.09. The summed E-state index contributed by atoms with van der Waals surface area (Å²) < 4.78 is 5.03. The molecule has 0 radical (unpaired) electrons. The van der Waals surface area contributed by atoms with Gasteiger partial charge in [-0.1, -0.05) is 0 Å². The van der Waals surface area contributed by atoms with Crippen molar-refractivity contribution in [3.8, 4) is 0 Å². The summed E-state index contributed by atoms with van der Waals surface area (Å²) in [7, 11) is 1.55. The molecule has 5 heteroatoms. The molecule has 14 heavy (non-hydrogen) atoms. The van der Waals surface area contributed by atoms with Gasteiger partial charge in [0, 0.05) is 7.11 Å². The topological polar surface area (TPSA) is 85.4 Å². The Balaban J connectivity index is 3.06. The first-order valence-electron chi connectivity index (χ1n) is 4.08. The molecule has 1 aromatic rings. The molecule has 0 spiro atoms. The van der Waals surface area contributed by atoms with Crippen molar-refractivity contribution < 1.29 is 14.6 Å². The van der Waals surface area contributed by atoms with Gasteiger partial charge in [-0.2, -0.15) is 0 Å². The van der Waals surface area contributed by atoms with Gasteiger partial charge in [0.05, 0.1) is 11.8 Å². The number of anilines is 1. The van der Waals surface area contributed by atoms with Crippen molar-refractivity contribution in [3.05, 3.63) is 23.4 Å². The van der Waals surface area contributed by atoms with Crippen LogP contribution in [0.25, 0.3) is 0 Å². The van der Waals surface area contributed by atoms with Crippen LogP contribution in [0, 0.1) is 0 Å². The monoisotopic (exact) mass is 196 g/mol. The highest BCUT2D eigenvalue weighted by atomic mass is 16.5. The maximum absolute atomic E-state index is 10.6. The largest absolute Gasteiger partial charge is 0.478 e. The van der Waals surface area contributed by atoms with E-state index in [-0.39, 0.29) is 17.5 Å². The van der Waals surface area contributed by atoms with Crippen molar-refractivity contribution in [2.45, 2.75) is 13.0 Å². The zero-order valence-corrected chi connectivity index (χ0v) is 8.02. The second-order valence-electron chi connectivity index (χ2n) is 2.85. The minimum Gasteiger partial charge on any atom is -0.478 e. The molecule has 1 heterocycles. The molecule has 1 aromatic heterocycles. The van der Waals surface area contributed by atoms with Gasteiger partial charge in [-0.25, -0.2) is 9.78 Å². The fourth-order valence-electron chi connectivity index (χ4n) is 1.02. The quantitative estimate of drug-likeness (QED) is 0.755. The second kappa shape index (κ2) is 4.06. The molecule has 0 aliphatic heterocycles. The predicted octanol–water partition coefficient (Wildman–Crippen LogP) is 1.07. The van der Waals surface area contributed by atoms with E-state index in [1.165, 1.54) is 6.07 Å². The fraction of sp³-hybridized carbons (Fsp3) is 0.333. The lowest BCUT2D eigenvalue weighted by molar-refractivity contribution is 0.0697. The Hall–Kier alpha value is -1.62. The Morgan fingerprint density at radius 1 is 1.64 bits per heavy atom. The summed E-state index contributed by atoms with van der Waals surface area (Å²) >= 11 is 0. The van der Waals surface area contributed by atoms with Crippen LogP contribution in [-0.4, -0.2) is 23.2 Å². The summed E-state index contributed by atoms with van der Waals surface area (Å²) in [4.78, 5) is 14.6. The van der Waals surface area contributed by atoms with E-state index in [9.17, 15) is 4.79 Å². The van der Waals surface area contributed by atoms with Gasteiger partial charge in [0.25, 0.3) is 0 Å². The summed E-state index contributed by atoms with van der Waals surface area (Å²) in [6.07, 6.45) is -0.194. The molecule has 3 N–H and O–H groups in total. The van der Waals surface area contributed by atoms with Crippen molar-refractivity contribution in [2.24, 2.45) is 0 Å². The summed E-state index contributed by atoms with van der Waals surface area (Å²) in [6.45, 7) is 1.81. The molecule has 0 aliphatic carbocycles. The van der Waals surface area contributed by atoms with Crippen LogP contribution >= 0.6 is 0 Å². The number of carboxylic acid groups (broad SMARTS) is 1. The number of rotatable bonds is 3. The Labute approximate surface area is 81.5 Å². The number of aromatic carboxylic acids is 1. The average Bonchev–Trinajstić information content (AvgIpc) is 2.15. The highest BCUT2D eigenvalue weighted by Crippen LogP contribution is 2.17. The van der Waals surface area contributed by atoms with Crippen molar-refractivity contribution in [3.63, 3.8) is 0 Å². The van der Waals surface area contributed by atoms with E-state index in [0.717, 1.165) is 0 Å². The lowest BCUT2D eigenvalue weighted by atomic mass is 10.2. The van der Waals surface area contributed by atoms with Crippen LogP contribution in [0.2, 0.25) is 0 Å². The van der Waals surface area contributed by atoms with E-state index in [4.69, 9.17) is 15.6 Å². The minimum absolute atomic E-state index is 0.0112. The van der Waals surface area contributed by atoms with Crippen molar-refractivity contribution >= 4 is 11.8 Å². The molecule has 0 saturated carbocycles. The number of nitrogens with two attached hydrogens (primary N) is 1. The Morgan fingerprint density at radius 3 is 2.71 bits per heavy atom. The van der Waals surface area contributed by atoms with Gasteiger partial charge in [-0.15, -0.1) is 0 Å². The summed E-state index contributed by atoms with van der Waals surface area (Å²) in [5, 5.41) is 8.70. The number of aromatic nitrogens is 1. The van der Waals surface area contributed by atoms with Gasteiger partial charge in [0.2, 0.25) is 0 Å². The van der Waals surface area contributed by atoms with Gasteiger partial charge < -0.3 is 15.6 Å². The van der Waals surface area contributed by atoms with Crippen molar-refractivity contribution in [2.75, 3.05) is 12.8 Å². The van der Waals surface area contributed by atoms with E-state index < -0.39 is 5.97 Å². The van der Waals surface area contributed by atoms with Crippen molar-refractivity contribution in [1.82, 2.24) is 4.98 Å². The third-order valence-corrected chi connectivity index (χ3v) is 1.95. The molecule has 0 aromatic carbocycles. The molecule has 0 aliphatic rings. The highest BCUT2D eigenvalue weighted by Gasteiger charge is 2.12. The molecular formula is C9H12N2O3. The second-order valence-corrected chi connectivity index (χ2v) is 2.85. The van der Waals surface area contributed by atoms with Crippen LogP contribution in [0.3, 0.4) is 0 Å². The first-order valence-corrected chi connectivity index (χ1v) is 4.08. The standard InChI is InChI=1S/C9H12N2O3/c1-5(14-2)7-4-3-6(9(12)13)8(10)11-7/h3-5H,1-2H3,(H2,10,11)(H,12,13). The normalized spacial score (nSPS) is 12.4. The molecule has 76 valence electrons. The first-order chi connectivity index (χ1) is 6.56. The minimum atomic E-state index is -1.08. The zero-order chi connectivity index (χ0) is 10.7. The number of carboxylic acids is 1. The predicted molar refractivity (Wildman–Crippen MR) is 51.0 cm³/mol. The smallest absolute Gasteiger partial charge is 0.339 e. The number of methoxy groups -OCH3 is 1. The van der Waals surface area contributed by atoms with E-state index >= 15 is 0 Å². The van der Waals surface area contributed by atoms with Crippen LogP contribution in [-0.2, 0) is 4.74 Å². The molecule has 0 bridgehead atoms. The molecule has 1 atom stereocenters. The number of ether oxygens (including phenoxy) is 1. The Kier molecular flexibility index (Phi) is 3.03. The maximum Gasteiger partial charge on any atom is 0.339 e. The number of hydrogen-bond donors (Lipinski definition) is 2. The third-order valence-electron chi connectivity index (χ3n) is 1.95.